The van der Waals surface area contributed by atoms with Crippen molar-refractivity contribution >= 4 is 10.0 Å². The monoisotopic (exact) mass is 267 g/mol. The summed E-state index contributed by atoms with van der Waals surface area (Å²) in [6.45, 7) is 14.1. The molecule has 0 aliphatic carbocycles. The van der Waals surface area contributed by atoms with E-state index in [1.807, 2.05) is 34.6 Å². The van der Waals surface area contributed by atoms with Gasteiger partial charge in [0.25, 0.3) is 0 Å². The molecule has 0 rings (SSSR count). The first kappa shape index (κ1) is 22.1. The standard InChI is InChI=1S/C9H21NO2S.2C2H6/c1-4-8(3)6-7-9(5-2)13(10,11)12;2*1-2/h8-9H,4-7H2,1-3H3,(H2,10,11,12);2*1-2H3. The number of hydrogen-bond donors (Lipinski definition) is 1. The van der Waals surface area contributed by atoms with E-state index in [1.54, 1.807) is 0 Å². The van der Waals surface area contributed by atoms with Gasteiger partial charge in [-0.2, -0.15) is 0 Å². The minimum atomic E-state index is -3.32. The molecule has 0 aromatic heterocycles. The van der Waals surface area contributed by atoms with Gasteiger partial charge < -0.3 is 0 Å². The number of sulfonamides is 1. The molecule has 0 spiro atoms. The van der Waals surface area contributed by atoms with Gasteiger partial charge in [-0.15, -0.1) is 0 Å². The molecule has 2 N–H and O–H groups in total. The molecule has 17 heavy (non-hydrogen) atoms. The molecule has 0 amide bonds. The van der Waals surface area contributed by atoms with E-state index < -0.39 is 10.0 Å². The van der Waals surface area contributed by atoms with Gasteiger partial charge in [0, 0.05) is 0 Å². The van der Waals surface area contributed by atoms with Gasteiger partial charge in [-0.3, -0.25) is 0 Å². The van der Waals surface area contributed by atoms with Crippen LogP contribution in [0.25, 0.3) is 0 Å². The minimum absolute atomic E-state index is 0.346. The first-order valence-electron chi connectivity index (χ1n) is 6.93. The fraction of sp³-hybridized carbons (Fsp3) is 1.00. The molecule has 0 heterocycles. The summed E-state index contributed by atoms with van der Waals surface area (Å²) in [7, 11) is -3.32. The maximum Gasteiger partial charge on any atom is 0.211 e. The van der Waals surface area contributed by atoms with Crippen molar-refractivity contribution in [2.75, 3.05) is 0 Å². The van der Waals surface area contributed by atoms with Crippen LogP contribution >= 0.6 is 0 Å². The van der Waals surface area contributed by atoms with Crippen molar-refractivity contribution in [2.24, 2.45) is 11.1 Å². The maximum absolute atomic E-state index is 11.0. The van der Waals surface area contributed by atoms with Crippen molar-refractivity contribution in [2.45, 2.75) is 79.4 Å². The second kappa shape index (κ2) is 14.0. The summed E-state index contributed by atoms with van der Waals surface area (Å²) >= 11 is 0. The zero-order valence-corrected chi connectivity index (χ0v) is 13.6. The number of primary sulfonamides is 1. The molecule has 0 saturated carbocycles. The predicted molar refractivity (Wildman–Crippen MR) is 78.6 cm³/mol. The van der Waals surface area contributed by atoms with Crippen LogP contribution in [0, 0.1) is 5.92 Å². The lowest BCUT2D eigenvalue weighted by Crippen LogP contribution is -2.28. The van der Waals surface area contributed by atoms with Gasteiger partial charge >= 0.3 is 0 Å². The lowest BCUT2D eigenvalue weighted by Gasteiger charge is -2.14. The van der Waals surface area contributed by atoms with Crippen LogP contribution in [0.15, 0.2) is 0 Å². The minimum Gasteiger partial charge on any atom is -0.228 e. The Morgan fingerprint density at radius 2 is 1.35 bits per heavy atom. The van der Waals surface area contributed by atoms with E-state index >= 15 is 0 Å². The Morgan fingerprint density at radius 1 is 0.941 bits per heavy atom. The van der Waals surface area contributed by atoms with Crippen molar-refractivity contribution in [3.8, 4) is 0 Å². The highest BCUT2D eigenvalue weighted by Gasteiger charge is 2.19. The molecule has 108 valence electrons. The van der Waals surface area contributed by atoms with E-state index in [1.165, 1.54) is 0 Å². The van der Waals surface area contributed by atoms with Crippen molar-refractivity contribution in [3.05, 3.63) is 0 Å². The van der Waals surface area contributed by atoms with E-state index in [4.69, 9.17) is 5.14 Å². The zero-order valence-electron chi connectivity index (χ0n) is 12.8. The number of nitrogens with two attached hydrogens (primary N) is 1. The largest absolute Gasteiger partial charge is 0.228 e. The molecule has 0 aliphatic rings. The Bertz CT molecular complexity index is 226. The normalized spacial score (nSPS) is 13.6. The van der Waals surface area contributed by atoms with Gasteiger partial charge in [0.05, 0.1) is 5.25 Å². The molecule has 0 saturated heterocycles. The van der Waals surface area contributed by atoms with Gasteiger partial charge in [0.2, 0.25) is 10.0 Å². The molecular weight excluding hydrogens is 234 g/mol. The molecular formula is C13H33NO2S. The van der Waals surface area contributed by atoms with Crippen molar-refractivity contribution in [1.29, 1.82) is 0 Å². The second-order valence-corrected chi connectivity index (χ2v) is 5.55. The average Bonchev–Trinajstić information content (AvgIpc) is 2.33. The first-order valence-corrected chi connectivity index (χ1v) is 8.54. The SMILES string of the molecule is CC.CC.CCC(C)CCC(CC)S(N)(=O)=O. The van der Waals surface area contributed by atoms with Crippen LogP contribution in [0.3, 0.4) is 0 Å². The Balaban J connectivity index is -0.000000439. The fourth-order valence-corrected chi connectivity index (χ4v) is 2.20. The van der Waals surface area contributed by atoms with E-state index in [0.29, 0.717) is 18.8 Å². The van der Waals surface area contributed by atoms with E-state index in [-0.39, 0.29) is 5.25 Å². The summed E-state index contributed by atoms with van der Waals surface area (Å²) in [5, 5.41) is 4.74. The van der Waals surface area contributed by atoms with Gasteiger partial charge in [0.15, 0.2) is 0 Å². The van der Waals surface area contributed by atoms with Crippen LogP contribution in [0.1, 0.15) is 74.1 Å². The third-order valence-corrected chi connectivity index (χ3v) is 4.10. The molecule has 0 fully saturated rings. The maximum atomic E-state index is 11.0. The number of hydrogen-bond acceptors (Lipinski definition) is 2. The van der Waals surface area contributed by atoms with Crippen molar-refractivity contribution < 1.29 is 8.42 Å². The molecule has 4 heteroatoms. The zero-order chi connectivity index (χ0) is 14.5. The smallest absolute Gasteiger partial charge is 0.211 e. The van der Waals surface area contributed by atoms with Crippen LogP contribution in [0.2, 0.25) is 0 Å². The third kappa shape index (κ3) is 13.8. The van der Waals surface area contributed by atoms with Crippen LogP contribution in [-0.4, -0.2) is 13.7 Å². The van der Waals surface area contributed by atoms with E-state index in [9.17, 15) is 8.42 Å². The Labute approximate surface area is 109 Å². The van der Waals surface area contributed by atoms with E-state index in [2.05, 4.69) is 13.8 Å². The summed E-state index contributed by atoms with van der Waals surface area (Å²) in [4.78, 5) is 0. The highest BCUT2D eigenvalue weighted by molar-refractivity contribution is 7.89. The molecule has 0 aliphatic heterocycles. The summed E-state index contributed by atoms with van der Waals surface area (Å²) in [5.74, 6) is 0.593. The molecule has 2 unspecified atom stereocenters. The molecule has 0 bridgehead atoms. The molecule has 0 aromatic carbocycles. The second-order valence-electron chi connectivity index (χ2n) is 3.71. The molecule has 0 radical (unpaired) electrons. The van der Waals surface area contributed by atoms with Crippen LogP contribution < -0.4 is 5.14 Å². The highest BCUT2D eigenvalue weighted by atomic mass is 32.2. The van der Waals surface area contributed by atoms with Crippen LogP contribution in [-0.2, 0) is 10.0 Å². The van der Waals surface area contributed by atoms with E-state index in [0.717, 1.165) is 12.8 Å². The lowest BCUT2D eigenvalue weighted by molar-refractivity contribution is 0.475. The van der Waals surface area contributed by atoms with Crippen molar-refractivity contribution in [3.63, 3.8) is 0 Å². The third-order valence-electron chi connectivity index (χ3n) is 2.60. The summed E-state index contributed by atoms with van der Waals surface area (Å²) in [5.41, 5.74) is 0. The Hall–Kier alpha value is -0.0900. The van der Waals surface area contributed by atoms with Crippen molar-refractivity contribution in [1.82, 2.24) is 0 Å². The quantitative estimate of drug-likeness (QED) is 0.792. The average molecular weight is 267 g/mol. The summed E-state index contributed by atoms with van der Waals surface area (Å²) in [6, 6.07) is 0. The number of rotatable bonds is 6. The molecule has 2 atom stereocenters. The van der Waals surface area contributed by atoms with Gasteiger partial charge in [-0.25, -0.2) is 13.6 Å². The van der Waals surface area contributed by atoms with Gasteiger partial charge in [-0.05, 0) is 25.2 Å². The lowest BCUT2D eigenvalue weighted by atomic mass is 10.0. The topological polar surface area (TPSA) is 60.2 Å². The Morgan fingerprint density at radius 3 is 1.59 bits per heavy atom. The Kier molecular flexibility index (Phi) is 18.2. The first-order chi connectivity index (χ1) is 7.91. The van der Waals surface area contributed by atoms with Crippen LogP contribution in [0.4, 0.5) is 0 Å². The van der Waals surface area contributed by atoms with Gasteiger partial charge in [0.1, 0.15) is 0 Å². The summed E-state index contributed by atoms with van der Waals surface area (Å²) in [6.07, 6.45) is 3.37. The molecule has 3 nitrogen and oxygen atoms in total. The van der Waals surface area contributed by atoms with Gasteiger partial charge in [-0.1, -0.05) is 54.9 Å². The fourth-order valence-electron chi connectivity index (χ4n) is 1.28. The summed E-state index contributed by atoms with van der Waals surface area (Å²) < 4.78 is 22.1. The predicted octanol–water partition coefficient (Wildman–Crippen LogP) is 3.93. The molecule has 0 aromatic rings. The van der Waals surface area contributed by atoms with Crippen LogP contribution in [0.5, 0.6) is 0 Å². The highest BCUT2D eigenvalue weighted by Crippen LogP contribution is 2.16.